The smallest absolute Gasteiger partial charge is 0.0577 e. The van der Waals surface area contributed by atoms with Crippen LogP contribution in [-0.4, -0.2) is 13.7 Å². The zero-order valence-electron chi connectivity index (χ0n) is 31.1. The molecule has 3 nitrogen and oxygen atoms in total. The number of hydrogen-bond acceptors (Lipinski definition) is 0. The molecule has 0 saturated heterocycles. The average Bonchev–Trinajstić information content (AvgIpc) is 4.00. The predicted molar refractivity (Wildman–Crippen MR) is 240 cm³/mol. The van der Waals surface area contributed by atoms with Gasteiger partial charge >= 0.3 is 0 Å². The van der Waals surface area contributed by atoms with E-state index in [1.54, 1.807) is 0 Å². The number of allylic oxidation sites excluding steroid dienone is 4. The van der Waals surface area contributed by atoms with Crippen molar-refractivity contribution in [1.82, 2.24) is 13.7 Å². The van der Waals surface area contributed by atoms with Crippen LogP contribution in [0.1, 0.15) is 17.9 Å². The van der Waals surface area contributed by atoms with Crippen LogP contribution < -0.4 is 0 Å². The van der Waals surface area contributed by atoms with E-state index in [0.717, 1.165) is 6.42 Å². The van der Waals surface area contributed by atoms with Crippen molar-refractivity contribution in [3.63, 3.8) is 0 Å². The maximum atomic E-state index is 2.52. The molecule has 13 rings (SSSR count). The molecular weight excluding hydrogens is 691 g/mol. The highest BCUT2D eigenvalue weighted by Crippen LogP contribution is 2.51. The molecule has 11 aromatic rings. The van der Waals surface area contributed by atoms with Gasteiger partial charge in [0.25, 0.3) is 0 Å². The van der Waals surface area contributed by atoms with Gasteiger partial charge in [-0.3, -0.25) is 0 Å². The Labute approximate surface area is 329 Å². The van der Waals surface area contributed by atoms with E-state index in [0.29, 0.717) is 5.92 Å². The summed E-state index contributed by atoms with van der Waals surface area (Å²) in [6.07, 6.45) is 7.90. The molecule has 3 heteroatoms. The monoisotopic (exact) mass is 725 g/mol. The van der Waals surface area contributed by atoms with Gasteiger partial charge in [-0.15, -0.1) is 0 Å². The van der Waals surface area contributed by atoms with Crippen LogP contribution in [0.5, 0.6) is 0 Å². The van der Waals surface area contributed by atoms with Crippen molar-refractivity contribution in [2.24, 2.45) is 0 Å². The summed E-state index contributed by atoms with van der Waals surface area (Å²) in [5, 5.41) is 7.70. The molecule has 2 aliphatic rings. The highest BCUT2D eigenvalue weighted by molar-refractivity contribution is 6.16. The fourth-order valence-electron chi connectivity index (χ4n) is 10.2. The van der Waals surface area contributed by atoms with Crippen molar-refractivity contribution in [2.75, 3.05) is 0 Å². The third-order valence-electron chi connectivity index (χ3n) is 12.7. The molecule has 0 spiro atoms. The zero-order chi connectivity index (χ0) is 37.2. The van der Waals surface area contributed by atoms with Gasteiger partial charge in [-0.25, -0.2) is 0 Å². The van der Waals surface area contributed by atoms with Crippen LogP contribution in [0.2, 0.25) is 0 Å². The first kappa shape index (κ1) is 30.9. The summed E-state index contributed by atoms with van der Waals surface area (Å²) in [4.78, 5) is 0. The van der Waals surface area contributed by atoms with E-state index >= 15 is 0 Å². The van der Waals surface area contributed by atoms with E-state index < -0.39 is 0 Å². The highest BCUT2D eigenvalue weighted by atomic mass is 15.0. The molecule has 0 N–H and O–H groups in total. The van der Waals surface area contributed by atoms with Crippen LogP contribution in [0.3, 0.4) is 0 Å². The summed E-state index contributed by atoms with van der Waals surface area (Å²) < 4.78 is 7.33. The second kappa shape index (κ2) is 11.6. The number of nitrogens with zero attached hydrogens (tertiary/aromatic N) is 3. The molecule has 8 aromatic carbocycles. The first-order chi connectivity index (χ1) is 28.3. The molecule has 0 saturated carbocycles. The van der Waals surface area contributed by atoms with Crippen LogP contribution >= 0.6 is 0 Å². The minimum absolute atomic E-state index is 0.377. The molecule has 1 unspecified atom stereocenters. The van der Waals surface area contributed by atoms with E-state index in [9.17, 15) is 0 Å². The van der Waals surface area contributed by atoms with Crippen molar-refractivity contribution in [3.05, 3.63) is 200 Å². The van der Waals surface area contributed by atoms with Crippen LogP contribution in [0, 0.1) is 0 Å². The molecule has 0 radical (unpaired) electrons. The standard InChI is InChI=1S/C54H35N3/c1-3-13-38(14-4-1)55-48-20-10-7-17-40(48)43-29-34(23-26-51(43)55)35-24-27-52-44(30-35)45-31-36(25-28-53(45)56(52)39-15-5-2-6-16-39)37-32-46-41-18-8-11-21-49(41)57-50-22-12-9-19-42(50)47(33-37)54(46)57/h1-18,20-33,42H,19H2. The highest BCUT2D eigenvalue weighted by Gasteiger charge is 2.32. The second-order valence-electron chi connectivity index (χ2n) is 15.7. The minimum atomic E-state index is 0.377. The predicted octanol–water partition coefficient (Wildman–Crippen LogP) is 14.2. The molecule has 1 aliphatic carbocycles. The molecule has 1 atom stereocenters. The zero-order valence-corrected chi connectivity index (χ0v) is 31.1. The van der Waals surface area contributed by atoms with Crippen molar-refractivity contribution in [1.29, 1.82) is 0 Å². The number of benzene rings is 8. The summed E-state index contributed by atoms with van der Waals surface area (Å²) in [7, 11) is 0. The van der Waals surface area contributed by atoms with E-state index in [-0.39, 0.29) is 0 Å². The lowest BCUT2D eigenvalue weighted by Crippen LogP contribution is -2.01. The van der Waals surface area contributed by atoms with Gasteiger partial charge in [-0.2, -0.15) is 0 Å². The molecule has 0 bridgehead atoms. The van der Waals surface area contributed by atoms with Crippen molar-refractivity contribution >= 4 is 71.1 Å². The topological polar surface area (TPSA) is 14.8 Å². The Kier molecular flexibility index (Phi) is 6.28. The Balaban J connectivity index is 1.03. The maximum absolute atomic E-state index is 2.52. The van der Waals surface area contributed by atoms with Crippen LogP contribution in [0.15, 0.2) is 194 Å². The Hall–Kier alpha value is -7.36. The van der Waals surface area contributed by atoms with Crippen LogP contribution in [0.25, 0.3) is 105 Å². The summed E-state index contributed by atoms with van der Waals surface area (Å²) >= 11 is 0. The fourth-order valence-corrected chi connectivity index (χ4v) is 10.2. The summed E-state index contributed by atoms with van der Waals surface area (Å²) in [6, 6.07) is 65.2. The Morgan fingerprint density at radius 3 is 1.42 bits per heavy atom. The van der Waals surface area contributed by atoms with Crippen LogP contribution in [-0.2, 0) is 0 Å². The van der Waals surface area contributed by atoms with Crippen molar-refractivity contribution in [2.45, 2.75) is 12.3 Å². The van der Waals surface area contributed by atoms with E-state index in [1.807, 2.05) is 0 Å². The normalized spacial score (nSPS) is 14.8. The molecule has 57 heavy (non-hydrogen) atoms. The molecule has 4 heterocycles. The van der Waals surface area contributed by atoms with Crippen molar-refractivity contribution in [3.8, 4) is 33.6 Å². The Morgan fingerprint density at radius 1 is 0.368 bits per heavy atom. The average molecular weight is 726 g/mol. The van der Waals surface area contributed by atoms with Gasteiger partial charge in [0, 0.05) is 55.3 Å². The van der Waals surface area contributed by atoms with Gasteiger partial charge in [0.1, 0.15) is 0 Å². The largest absolute Gasteiger partial charge is 0.312 e. The first-order valence-electron chi connectivity index (χ1n) is 20.0. The third kappa shape index (κ3) is 4.31. The minimum Gasteiger partial charge on any atom is -0.312 e. The van der Waals surface area contributed by atoms with Crippen molar-refractivity contribution < 1.29 is 0 Å². The summed E-state index contributed by atoms with van der Waals surface area (Å²) in [6.45, 7) is 0. The molecule has 3 aromatic heterocycles. The van der Waals surface area contributed by atoms with Gasteiger partial charge in [-0.05, 0) is 125 Å². The lowest BCUT2D eigenvalue weighted by atomic mass is 9.88. The quantitative estimate of drug-likeness (QED) is 0.172. The second-order valence-corrected chi connectivity index (χ2v) is 15.7. The lowest BCUT2D eigenvalue weighted by Gasteiger charge is -2.17. The number of aromatic nitrogens is 3. The summed E-state index contributed by atoms with van der Waals surface area (Å²) in [5.41, 5.74) is 17.6. The van der Waals surface area contributed by atoms with Gasteiger partial charge < -0.3 is 13.7 Å². The summed E-state index contributed by atoms with van der Waals surface area (Å²) in [5.74, 6) is 0.377. The number of fused-ring (bicyclic) bond motifs is 12. The molecule has 0 fully saturated rings. The van der Waals surface area contributed by atoms with E-state index in [2.05, 4.69) is 208 Å². The van der Waals surface area contributed by atoms with E-state index in [4.69, 9.17) is 0 Å². The number of rotatable bonds is 4. The maximum Gasteiger partial charge on any atom is 0.0577 e. The third-order valence-corrected chi connectivity index (χ3v) is 12.7. The lowest BCUT2D eigenvalue weighted by molar-refractivity contribution is 0.873. The molecular formula is C54H35N3. The van der Waals surface area contributed by atoms with Gasteiger partial charge in [0.15, 0.2) is 0 Å². The van der Waals surface area contributed by atoms with Crippen LogP contribution in [0.4, 0.5) is 0 Å². The van der Waals surface area contributed by atoms with E-state index in [1.165, 1.54) is 110 Å². The molecule has 1 aliphatic heterocycles. The Morgan fingerprint density at radius 2 is 0.825 bits per heavy atom. The SMILES string of the molecule is C1=CCC2C(=C1)n1c3ccccc3c3cc(-c4ccc5c(c4)c4cc(-c6ccc7c(c6)c6ccccc6n7-c6ccccc6)ccc4n5-c4ccccc4)cc2c31. The first-order valence-corrected chi connectivity index (χ1v) is 20.0. The Bertz CT molecular complexity index is 3540. The number of para-hydroxylation sites is 4. The van der Waals surface area contributed by atoms with Gasteiger partial charge in [0.05, 0.1) is 33.1 Å². The van der Waals surface area contributed by atoms with Gasteiger partial charge in [0.2, 0.25) is 0 Å². The number of hydrogen-bond donors (Lipinski definition) is 0. The fraction of sp³-hybridized carbons (Fsp3) is 0.0370. The molecule has 0 amide bonds. The molecule has 266 valence electrons. The van der Waals surface area contributed by atoms with Gasteiger partial charge in [-0.1, -0.05) is 103 Å².